The number of hydrogen-bond acceptors (Lipinski definition) is 8. The van der Waals surface area contributed by atoms with Gasteiger partial charge < -0.3 is 14.0 Å². The van der Waals surface area contributed by atoms with E-state index in [1.54, 1.807) is 18.4 Å². The minimum atomic E-state index is -0.704. The third-order valence-corrected chi connectivity index (χ3v) is 4.68. The Morgan fingerprint density at radius 3 is 2.07 bits per heavy atom. The van der Waals surface area contributed by atoms with Crippen LogP contribution >= 0.6 is 0 Å². The van der Waals surface area contributed by atoms with Crippen LogP contribution in [0.5, 0.6) is 0 Å². The average Bonchev–Trinajstić information content (AvgIpc) is 3.15. The highest BCUT2D eigenvalue weighted by Crippen LogP contribution is 2.37. The zero-order valence-corrected chi connectivity index (χ0v) is 17.0. The van der Waals surface area contributed by atoms with Crippen LogP contribution in [-0.2, 0) is 16.0 Å². The fourth-order valence-electron chi connectivity index (χ4n) is 3.38. The number of ether oxygens (including phenoxy) is 2. The van der Waals surface area contributed by atoms with E-state index in [1.165, 1.54) is 20.5 Å². The molecule has 3 rings (SSSR count). The number of rotatable bonds is 6. The molecular formula is C21H20N4O5. The molecule has 0 atom stereocenters. The van der Waals surface area contributed by atoms with E-state index in [4.69, 9.17) is 9.47 Å². The molecule has 0 bridgehead atoms. The summed E-state index contributed by atoms with van der Waals surface area (Å²) in [6.07, 6.45) is 1.44. The Bertz CT molecular complexity index is 1080. The Balaban J connectivity index is 2.39. The number of esters is 2. The summed E-state index contributed by atoms with van der Waals surface area (Å²) in [5.74, 6) is -1.57. The summed E-state index contributed by atoms with van der Waals surface area (Å²) in [4.78, 5) is 45.2. The van der Waals surface area contributed by atoms with Crippen molar-refractivity contribution in [1.29, 1.82) is 0 Å². The largest absolute Gasteiger partial charge is 0.465 e. The Morgan fingerprint density at radius 2 is 1.57 bits per heavy atom. The lowest BCUT2D eigenvalue weighted by atomic mass is 9.95. The SMILES string of the molecule is COC(=O)c1c(C)nc(C)c(C(=O)OC)c1-c1c(N=O)ncn1Cc1ccccc1. The molecule has 0 saturated heterocycles. The van der Waals surface area contributed by atoms with E-state index in [0.717, 1.165) is 5.56 Å². The van der Waals surface area contributed by atoms with Crippen LogP contribution in [0.3, 0.4) is 0 Å². The Kier molecular flexibility index (Phi) is 6.01. The van der Waals surface area contributed by atoms with Gasteiger partial charge in [-0.3, -0.25) is 4.98 Å². The summed E-state index contributed by atoms with van der Waals surface area (Å²) in [5.41, 5.74) is 2.06. The van der Waals surface area contributed by atoms with Gasteiger partial charge in [-0.25, -0.2) is 14.6 Å². The standard InChI is InChI=1S/C21H20N4O5/c1-12-15(20(26)29-3)17(16(13(2)23-12)21(27)30-4)18-19(24-28)22-11-25(18)10-14-8-6-5-7-9-14/h5-9,11H,10H2,1-4H3. The zero-order chi connectivity index (χ0) is 21.8. The van der Waals surface area contributed by atoms with Gasteiger partial charge in [0.25, 0.3) is 0 Å². The number of carbonyl (C=O) groups excluding carboxylic acids is 2. The first-order chi connectivity index (χ1) is 14.4. The number of pyridine rings is 1. The van der Waals surface area contributed by atoms with Crippen LogP contribution in [0.15, 0.2) is 41.8 Å². The molecule has 2 aromatic heterocycles. The fraction of sp³-hybridized carbons (Fsp3) is 0.238. The van der Waals surface area contributed by atoms with Crippen molar-refractivity contribution in [3.8, 4) is 11.3 Å². The summed E-state index contributed by atoms with van der Waals surface area (Å²) in [6.45, 7) is 3.58. The third kappa shape index (κ3) is 3.69. The number of benzene rings is 1. The number of methoxy groups -OCH3 is 2. The van der Waals surface area contributed by atoms with Crippen LogP contribution in [0.1, 0.15) is 37.7 Å². The number of nitroso groups, excluding NO2 is 1. The van der Waals surface area contributed by atoms with E-state index in [1.807, 2.05) is 30.3 Å². The molecule has 0 radical (unpaired) electrons. The van der Waals surface area contributed by atoms with Crippen LogP contribution in [0.2, 0.25) is 0 Å². The van der Waals surface area contributed by atoms with Crippen LogP contribution in [-0.4, -0.2) is 40.7 Å². The minimum Gasteiger partial charge on any atom is -0.465 e. The summed E-state index contributed by atoms with van der Waals surface area (Å²) in [7, 11) is 2.45. The topological polar surface area (TPSA) is 113 Å². The highest BCUT2D eigenvalue weighted by molar-refractivity contribution is 6.07. The van der Waals surface area contributed by atoms with Crippen LogP contribution in [0.25, 0.3) is 11.3 Å². The normalized spacial score (nSPS) is 10.5. The predicted octanol–water partition coefficient (Wildman–Crippen LogP) is 3.58. The van der Waals surface area contributed by atoms with Crippen molar-refractivity contribution in [1.82, 2.24) is 14.5 Å². The molecule has 9 heteroatoms. The van der Waals surface area contributed by atoms with Gasteiger partial charge in [-0.05, 0) is 24.6 Å². The van der Waals surface area contributed by atoms with Crippen LogP contribution in [0.4, 0.5) is 5.82 Å². The predicted molar refractivity (Wildman–Crippen MR) is 109 cm³/mol. The lowest BCUT2D eigenvalue weighted by Gasteiger charge is -2.18. The van der Waals surface area contributed by atoms with Gasteiger partial charge in [0.1, 0.15) is 5.69 Å². The maximum Gasteiger partial charge on any atom is 0.340 e. The van der Waals surface area contributed by atoms with E-state index in [-0.39, 0.29) is 28.2 Å². The third-order valence-electron chi connectivity index (χ3n) is 4.68. The van der Waals surface area contributed by atoms with Gasteiger partial charge in [0.2, 0.25) is 5.82 Å². The summed E-state index contributed by atoms with van der Waals surface area (Å²) in [6, 6.07) is 9.46. The monoisotopic (exact) mass is 408 g/mol. The number of carbonyl (C=O) groups is 2. The molecule has 0 aliphatic rings. The van der Waals surface area contributed by atoms with Gasteiger partial charge in [-0.1, -0.05) is 30.3 Å². The maximum atomic E-state index is 12.6. The average molecular weight is 408 g/mol. The molecule has 0 fully saturated rings. The molecular weight excluding hydrogens is 388 g/mol. The zero-order valence-electron chi connectivity index (χ0n) is 17.0. The number of aromatic nitrogens is 3. The highest BCUT2D eigenvalue weighted by Gasteiger charge is 2.31. The van der Waals surface area contributed by atoms with E-state index in [2.05, 4.69) is 15.1 Å². The number of aryl methyl sites for hydroxylation is 2. The van der Waals surface area contributed by atoms with E-state index in [0.29, 0.717) is 17.9 Å². The molecule has 9 nitrogen and oxygen atoms in total. The Morgan fingerprint density at radius 1 is 1.00 bits per heavy atom. The second-order valence-electron chi connectivity index (χ2n) is 6.51. The first-order valence-corrected chi connectivity index (χ1v) is 9.03. The number of hydrogen-bond donors (Lipinski definition) is 0. The molecule has 154 valence electrons. The quantitative estimate of drug-likeness (QED) is 0.452. The lowest BCUT2D eigenvalue weighted by Crippen LogP contribution is -2.17. The molecule has 2 heterocycles. The lowest BCUT2D eigenvalue weighted by molar-refractivity contribution is 0.0599. The van der Waals surface area contributed by atoms with Crippen molar-refractivity contribution < 1.29 is 19.1 Å². The first-order valence-electron chi connectivity index (χ1n) is 9.03. The van der Waals surface area contributed by atoms with E-state index >= 15 is 0 Å². The van der Waals surface area contributed by atoms with Gasteiger partial charge in [-0.15, -0.1) is 4.91 Å². The molecule has 0 N–H and O–H groups in total. The molecule has 0 amide bonds. The van der Waals surface area contributed by atoms with E-state index in [9.17, 15) is 14.5 Å². The van der Waals surface area contributed by atoms with Crippen molar-refractivity contribution in [2.45, 2.75) is 20.4 Å². The molecule has 0 unspecified atom stereocenters. The second kappa shape index (κ2) is 8.64. The summed E-state index contributed by atoms with van der Waals surface area (Å²) < 4.78 is 11.5. The summed E-state index contributed by atoms with van der Waals surface area (Å²) in [5, 5.41) is 3.01. The molecule has 1 aromatic carbocycles. The molecule has 0 aliphatic carbocycles. The molecule has 0 spiro atoms. The van der Waals surface area contributed by atoms with Crippen molar-refractivity contribution in [3.63, 3.8) is 0 Å². The van der Waals surface area contributed by atoms with Crippen molar-refractivity contribution in [2.75, 3.05) is 14.2 Å². The molecule has 3 aromatic rings. The van der Waals surface area contributed by atoms with Crippen molar-refractivity contribution in [3.05, 3.63) is 69.6 Å². The maximum absolute atomic E-state index is 12.6. The smallest absolute Gasteiger partial charge is 0.340 e. The summed E-state index contributed by atoms with van der Waals surface area (Å²) >= 11 is 0. The molecule has 0 saturated carbocycles. The van der Waals surface area contributed by atoms with Crippen molar-refractivity contribution in [2.24, 2.45) is 5.18 Å². The highest BCUT2D eigenvalue weighted by atomic mass is 16.5. The van der Waals surface area contributed by atoms with Gasteiger partial charge in [0, 0.05) is 12.1 Å². The van der Waals surface area contributed by atoms with Gasteiger partial charge in [0.05, 0.1) is 43.1 Å². The van der Waals surface area contributed by atoms with Crippen molar-refractivity contribution >= 4 is 17.8 Å². The fourth-order valence-corrected chi connectivity index (χ4v) is 3.38. The Labute approximate surface area is 172 Å². The minimum absolute atomic E-state index is 0.0446. The molecule has 0 aliphatic heterocycles. The van der Waals surface area contributed by atoms with Gasteiger partial charge in [0.15, 0.2) is 0 Å². The number of imidazole rings is 1. The van der Waals surface area contributed by atoms with Crippen LogP contribution in [0, 0.1) is 18.8 Å². The van der Waals surface area contributed by atoms with Crippen LogP contribution < -0.4 is 0 Å². The van der Waals surface area contributed by atoms with Gasteiger partial charge in [-0.2, -0.15) is 0 Å². The first kappa shape index (κ1) is 20.8. The second-order valence-corrected chi connectivity index (χ2v) is 6.51. The van der Waals surface area contributed by atoms with Gasteiger partial charge >= 0.3 is 11.9 Å². The van der Waals surface area contributed by atoms with E-state index < -0.39 is 11.9 Å². The Hall–Kier alpha value is -3.88. The number of nitrogens with zero attached hydrogens (tertiary/aromatic N) is 4. The molecule has 30 heavy (non-hydrogen) atoms.